The second-order valence-electron chi connectivity index (χ2n) is 4.61. The summed E-state index contributed by atoms with van der Waals surface area (Å²) in [6, 6.07) is 0. The standard InChI is InChI=1S/C11H12F3NO2S/c1-6-5-15-9(18-6)7(4-8(16)17)10(2-3-10)11(12,13)14/h5,7H,2-4H2,1H3,(H,16,17)/t7-/m1/s1. The van der Waals surface area contributed by atoms with Crippen molar-refractivity contribution in [2.24, 2.45) is 5.41 Å². The van der Waals surface area contributed by atoms with E-state index in [0.29, 0.717) is 0 Å². The summed E-state index contributed by atoms with van der Waals surface area (Å²) >= 11 is 1.15. The molecule has 7 heteroatoms. The molecule has 100 valence electrons. The number of carbonyl (C=O) groups is 1. The lowest BCUT2D eigenvalue weighted by Crippen LogP contribution is -2.32. The van der Waals surface area contributed by atoms with Crippen LogP contribution in [0.4, 0.5) is 13.2 Å². The van der Waals surface area contributed by atoms with Crippen LogP contribution in [0.2, 0.25) is 0 Å². The Bertz CT molecular complexity index is 465. The second-order valence-corrected chi connectivity index (χ2v) is 5.88. The molecule has 1 atom stereocenters. The first-order valence-corrected chi connectivity index (χ1v) is 6.29. The maximum Gasteiger partial charge on any atom is 0.395 e. The van der Waals surface area contributed by atoms with E-state index in [1.807, 2.05) is 0 Å². The van der Waals surface area contributed by atoms with E-state index in [9.17, 15) is 18.0 Å². The van der Waals surface area contributed by atoms with E-state index in [1.54, 1.807) is 6.92 Å². The van der Waals surface area contributed by atoms with Crippen molar-refractivity contribution in [1.29, 1.82) is 0 Å². The minimum atomic E-state index is -4.37. The molecule has 2 rings (SSSR count). The summed E-state index contributed by atoms with van der Waals surface area (Å²) in [4.78, 5) is 15.5. The first-order valence-electron chi connectivity index (χ1n) is 5.47. The normalized spacial score (nSPS) is 19.6. The number of thiazole rings is 1. The number of hydrogen-bond acceptors (Lipinski definition) is 3. The Morgan fingerprint density at radius 1 is 1.61 bits per heavy atom. The number of rotatable bonds is 4. The van der Waals surface area contributed by atoms with Crippen LogP contribution in [0.25, 0.3) is 0 Å². The number of hydrogen-bond donors (Lipinski definition) is 1. The highest BCUT2D eigenvalue weighted by molar-refractivity contribution is 7.11. The maximum absolute atomic E-state index is 13.1. The van der Waals surface area contributed by atoms with Gasteiger partial charge in [0.1, 0.15) is 0 Å². The van der Waals surface area contributed by atoms with E-state index >= 15 is 0 Å². The van der Waals surface area contributed by atoms with Gasteiger partial charge in [0.25, 0.3) is 0 Å². The van der Waals surface area contributed by atoms with E-state index in [0.717, 1.165) is 16.2 Å². The molecule has 0 aliphatic heterocycles. The third kappa shape index (κ3) is 2.23. The van der Waals surface area contributed by atoms with Crippen LogP contribution >= 0.6 is 11.3 Å². The molecule has 0 unspecified atom stereocenters. The van der Waals surface area contributed by atoms with Gasteiger partial charge in [-0.3, -0.25) is 4.79 Å². The largest absolute Gasteiger partial charge is 0.481 e. The van der Waals surface area contributed by atoms with Crippen LogP contribution in [-0.4, -0.2) is 22.2 Å². The van der Waals surface area contributed by atoms with Crippen LogP contribution < -0.4 is 0 Å². The monoisotopic (exact) mass is 279 g/mol. The van der Waals surface area contributed by atoms with Gasteiger partial charge in [-0.2, -0.15) is 13.2 Å². The Morgan fingerprint density at radius 3 is 2.56 bits per heavy atom. The molecule has 0 amide bonds. The molecule has 0 spiro atoms. The van der Waals surface area contributed by atoms with Gasteiger partial charge in [-0.1, -0.05) is 0 Å². The number of aliphatic carboxylic acids is 1. The van der Waals surface area contributed by atoms with Crippen molar-refractivity contribution in [3.05, 3.63) is 16.1 Å². The SMILES string of the molecule is Cc1cnc([C@@H](CC(=O)O)C2(C(F)(F)F)CC2)s1. The minimum absolute atomic E-state index is 0.00687. The molecular weight excluding hydrogens is 267 g/mol. The number of aromatic nitrogens is 1. The molecule has 3 nitrogen and oxygen atoms in total. The third-order valence-electron chi connectivity index (χ3n) is 3.34. The Kier molecular flexibility index (Phi) is 3.12. The van der Waals surface area contributed by atoms with E-state index in [4.69, 9.17) is 5.11 Å². The van der Waals surface area contributed by atoms with Crippen molar-refractivity contribution >= 4 is 17.3 Å². The average molecular weight is 279 g/mol. The minimum Gasteiger partial charge on any atom is -0.481 e. The Morgan fingerprint density at radius 2 is 2.22 bits per heavy atom. The van der Waals surface area contributed by atoms with Crippen molar-refractivity contribution in [2.75, 3.05) is 0 Å². The highest BCUT2D eigenvalue weighted by Crippen LogP contribution is 2.66. The number of alkyl halides is 3. The Labute approximate surface area is 106 Å². The number of carboxylic acids is 1. The van der Waals surface area contributed by atoms with Gasteiger partial charge in [-0.25, -0.2) is 4.98 Å². The predicted molar refractivity (Wildman–Crippen MR) is 59.6 cm³/mol. The van der Waals surface area contributed by atoms with Gasteiger partial charge in [-0.05, 0) is 19.8 Å². The number of carboxylic acid groups (broad SMARTS) is 1. The van der Waals surface area contributed by atoms with Gasteiger partial charge in [0.2, 0.25) is 0 Å². The van der Waals surface area contributed by atoms with Crippen molar-refractivity contribution in [1.82, 2.24) is 4.98 Å². The summed E-state index contributed by atoms with van der Waals surface area (Å²) in [6.07, 6.45) is -3.42. The first kappa shape index (κ1) is 13.3. The van der Waals surface area contributed by atoms with Crippen LogP contribution in [0.3, 0.4) is 0 Å². The molecule has 0 aromatic carbocycles. The van der Waals surface area contributed by atoms with Gasteiger partial charge in [0.15, 0.2) is 0 Å². The van der Waals surface area contributed by atoms with Crippen molar-refractivity contribution in [2.45, 2.75) is 38.3 Å². The van der Waals surface area contributed by atoms with E-state index in [1.165, 1.54) is 6.20 Å². The lowest BCUT2D eigenvalue weighted by Gasteiger charge is -2.26. The zero-order valence-electron chi connectivity index (χ0n) is 9.62. The highest BCUT2D eigenvalue weighted by Gasteiger charge is 2.68. The van der Waals surface area contributed by atoms with Gasteiger partial charge in [0, 0.05) is 17.0 Å². The van der Waals surface area contributed by atoms with Gasteiger partial charge < -0.3 is 5.11 Å². The van der Waals surface area contributed by atoms with Crippen LogP contribution in [0.1, 0.15) is 35.1 Å². The molecule has 1 aliphatic carbocycles. The fourth-order valence-electron chi connectivity index (χ4n) is 2.19. The summed E-state index contributed by atoms with van der Waals surface area (Å²) in [5.41, 5.74) is -1.88. The molecule has 1 aliphatic rings. The van der Waals surface area contributed by atoms with Crippen LogP contribution in [0.15, 0.2) is 6.20 Å². The summed E-state index contributed by atoms with van der Waals surface area (Å²) < 4.78 is 39.2. The van der Waals surface area contributed by atoms with E-state index < -0.39 is 29.9 Å². The molecule has 1 N–H and O–H groups in total. The smallest absolute Gasteiger partial charge is 0.395 e. The lowest BCUT2D eigenvalue weighted by atomic mass is 9.86. The fraction of sp³-hybridized carbons (Fsp3) is 0.636. The molecular formula is C11H12F3NO2S. The van der Waals surface area contributed by atoms with Crippen molar-refractivity contribution in [3.8, 4) is 0 Å². The van der Waals surface area contributed by atoms with E-state index in [-0.39, 0.29) is 17.8 Å². The van der Waals surface area contributed by atoms with Gasteiger partial charge in [-0.15, -0.1) is 11.3 Å². The van der Waals surface area contributed by atoms with Gasteiger partial charge >= 0.3 is 12.1 Å². The first-order chi connectivity index (χ1) is 8.26. The zero-order valence-corrected chi connectivity index (χ0v) is 10.4. The highest BCUT2D eigenvalue weighted by atomic mass is 32.1. The molecule has 1 aromatic rings. The summed E-state index contributed by atoms with van der Waals surface area (Å²) in [7, 11) is 0. The molecule has 0 bridgehead atoms. The number of halogens is 3. The Balaban J connectivity index is 2.35. The molecule has 0 saturated heterocycles. The van der Waals surface area contributed by atoms with Gasteiger partial charge in [0.05, 0.1) is 16.8 Å². The second kappa shape index (κ2) is 4.22. The number of aryl methyl sites for hydroxylation is 1. The average Bonchev–Trinajstić information content (AvgIpc) is 2.93. The molecule has 0 radical (unpaired) electrons. The third-order valence-corrected chi connectivity index (χ3v) is 4.36. The van der Waals surface area contributed by atoms with Crippen molar-refractivity contribution in [3.63, 3.8) is 0 Å². The molecule has 1 aromatic heterocycles. The van der Waals surface area contributed by atoms with E-state index in [2.05, 4.69) is 4.98 Å². The summed E-state index contributed by atoms with van der Waals surface area (Å²) in [5.74, 6) is -2.28. The molecule has 1 heterocycles. The maximum atomic E-state index is 13.1. The number of nitrogens with zero attached hydrogens (tertiary/aromatic N) is 1. The zero-order chi connectivity index (χ0) is 13.6. The summed E-state index contributed by atoms with van der Waals surface area (Å²) in [6.45, 7) is 1.74. The topological polar surface area (TPSA) is 50.2 Å². The van der Waals surface area contributed by atoms with Crippen LogP contribution in [0, 0.1) is 12.3 Å². The lowest BCUT2D eigenvalue weighted by molar-refractivity contribution is -0.195. The summed E-state index contributed by atoms with van der Waals surface area (Å²) in [5, 5.41) is 9.10. The fourth-order valence-corrected chi connectivity index (χ4v) is 3.18. The Hall–Kier alpha value is -1.11. The van der Waals surface area contributed by atoms with Crippen molar-refractivity contribution < 1.29 is 23.1 Å². The predicted octanol–water partition coefficient (Wildman–Crippen LogP) is 3.35. The molecule has 1 saturated carbocycles. The molecule has 18 heavy (non-hydrogen) atoms. The van der Waals surface area contributed by atoms with Crippen LogP contribution in [-0.2, 0) is 4.79 Å². The van der Waals surface area contributed by atoms with Crippen LogP contribution in [0.5, 0.6) is 0 Å². The molecule has 1 fully saturated rings. The quantitative estimate of drug-likeness (QED) is 0.919.